The summed E-state index contributed by atoms with van der Waals surface area (Å²) in [6.45, 7) is 1.67. The number of fused-ring (bicyclic) bond motifs is 1. The standard InChI is InChI=1S/C14H16N2OS/c1-15-8-10-9-16-14(18-10)12-6-7-17-13-5-3-2-4-11(12)13/h2-5,9,12,15H,6-8H2,1H3. The molecule has 2 aromatic rings. The molecule has 94 valence electrons. The second-order valence-electron chi connectivity index (χ2n) is 4.42. The molecule has 1 aromatic carbocycles. The minimum absolute atomic E-state index is 0.394. The molecule has 1 unspecified atom stereocenters. The summed E-state index contributed by atoms with van der Waals surface area (Å²) in [5.74, 6) is 1.41. The van der Waals surface area contributed by atoms with E-state index < -0.39 is 0 Å². The predicted octanol–water partition coefficient (Wildman–Crippen LogP) is 2.78. The van der Waals surface area contributed by atoms with E-state index in [4.69, 9.17) is 4.74 Å². The molecular formula is C14H16N2OS. The summed E-state index contributed by atoms with van der Waals surface area (Å²) in [5, 5.41) is 4.37. The Bertz CT molecular complexity index is 538. The first-order valence-corrected chi connectivity index (χ1v) is 7.01. The molecule has 0 amide bonds. The summed E-state index contributed by atoms with van der Waals surface area (Å²) in [6.07, 6.45) is 3.00. The fourth-order valence-electron chi connectivity index (χ4n) is 2.34. The number of aromatic nitrogens is 1. The molecule has 18 heavy (non-hydrogen) atoms. The molecule has 0 fully saturated rings. The van der Waals surface area contributed by atoms with Crippen molar-refractivity contribution in [1.82, 2.24) is 10.3 Å². The lowest BCUT2D eigenvalue weighted by atomic mass is 9.94. The Kier molecular flexibility index (Phi) is 3.30. The van der Waals surface area contributed by atoms with Crippen molar-refractivity contribution < 1.29 is 4.74 Å². The molecule has 1 atom stereocenters. The van der Waals surface area contributed by atoms with Gasteiger partial charge >= 0.3 is 0 Å². The minimum atomic E-state index is 0.394. The van der Waals surface area contributed by atoms with Gasteiger partial charge in [0.1, 0.15) is 10.8 Å². The fourth-order valence-corrected chi connectivity index (χ4v) is 3.42. The molecule has 2 heterocycles. The van der Waals surface area contributed by atoms with Gasteiger partial charge in [0, 0.05) is 29.1 Å². The second-order valence-corrected chi connectivity index (χ2v) is 5.57. The van der Waals surface area contributed by atoms with Crippen molar-refractivity contribution in [3.8, 4) is 5.75 Å². The Morgan fingerprint density at radius 1 is 1.44 bits per heavy atom. The quantitative estimate of drug-likeness (QED) is 0.921. The molecule has 1 aromatic heterocycles. The van der Waals surface area contributed by atoms with Crippen molar-refractivity contribution in [3.05, 3.63) is 45.9 Å². The van der Waals surface area contributed by atoms with Gasteiger partial charge in [0.2, 0.25) is 0 Å². The summed E-state index contributed by atoms with van der Waals surface area (Å²) in [6, 6.07) is 8.29. The maximum atomic E-state index is 5.69. The number of ether oxygens (including phenoxy) is 1. The molecule has 0 aliphatic carbocycles. The zero-order valence-corrected chi connectivity index (χ0v) is 11.2. The zero-order valence-electron chi connectivity index (χ0n) is 10.3. The van der Waals surface area contributed by atoms with Crippen molar-refractivity contribution in [2.75, 3.05) is 13.7 Å². The lowest BCUT2D eigenvalue weighted by Crippen LogP contribution is -2.14. The van der Waals surface area contributed by atoms with Crippen LogP contribution in [0, 0.1) is 0 Å². The van der Waals surface area contributed by atoms with Crippen LogP contribution in [-0.2, 0) is 6.54 Å². The van der Waals surface area contributed by atoms with Gasteiger partial charge in [0.15, 0.2) is 0 Å². The number of para-hydroxylation sites is 1. The minimum Gasteiger partial charge on any atom is -0.493 e. The number of nitrogens with one attached hydrogen (secondary N) is 1. The Labute approximate surface area is 111 Å². The van der Waals surface area contributed by atoms with Gasteiger partial charge in [-0.3, -0.25) is 0 Å². The van der Waals surface area contributed by atoms with E-state index in [0.29, 0.717) is 5.92 Å². The van der Waals surface area contributed by atoms with Gasteiger partial charge in [-0.2, -0.15) is 0 Å². The highest BCUT2D eigenvalue weighted by Gasteiger charge is 2.24. The average Bonchev–Trinajstić information content (AvgIpc) is 2.87. The van der Waals surface area contributed by atoms with Gasteiger partial charge in [-0.25, -0.2) is 4.98 Å². The highest BCUT2D eigenvalue weighted by molar-refractivity contribution is 7.11. The molecule has 1 N–H and O–H groups in total. The summed E-state index contributed by atoms with van der Waals surface area (Å²) >= 11 is 1.80. The normalized spacial score (nSPS) is 18.2. The van der Waals surface area contributed by atoms with Crippen LogP contribution in [0.25, 0.3) is 0 Å². The predicted molar refractivity (Wildman–Crippen MR) is 73.3 cm³/mol. The van der Waals surface area contributed by atoms with Gasteiger partial charge in [0.25, 0.3) is 0 Å². The van der Waals surface area contributed by atoms with E-state index in [1.807, 2.05) is 25.4 Å². The molecule has 0 saturated heterocycles. The Hall–Kier alpha value is -1.39. The fraction of sp³-hybridized carbons (Fsp3) is 0.357. The molecule has 0 spiro atoms. The average molecular weight is 260 g/mol. The largest absolute Gasteiger partial charge is 0.493 e. The molecule has 1 aliphatic rings. The van der Waals surface area contributed by atoms with Crippen LogP contribution in [0.3, 0.4) is 0 Å². The Balaban J connectivity index is 1.92. The Morgan fingerprint density at radius 2 is 2.33 bits per heavy atom. The highest BCUT2D eigenvalue weighted by atomic mass is 32.1. The maximum Gasteiger partial charge on any atom is 0.123 e. The summed E-state index contributed by atoms with van der Waals surface area (Å²) in [7, 11) is 1.96. The van der Waals surface area contributed by atoms with Gasteiger partial charge < -0.3 is 10.1 Å². The third kappa shape index (κ3) is 2.13. The third-order valence-corrected chi connectivity index (χ3v) is 4.29. The number of hydrogen-bond donors (Lipinski definition) is 1. The van der Waals surface area contributed by atoms with E-state index in [0.717, 1.165) is 25.3 Å². The molecule has 3 nitrogen and oxygen atoms in total. The number of hydrogen-bond acceptors (Lipinski definition) is 4. The molecule has 4 heteroatoms. The van der Waals surface area contributed by atoms with Crippen LogP contribution in [-0.4, -0.2) is 18.6 Å². The van der Waals surface area contributed by atoms with Gasteiger partial charge in [-0.05, 0) is 19.5 Å². The van der Waals surface area contributed by atoms with Crippen LogP contribution < -0.4 is 10.1 Å². The highest BCUT2D eigenvalue weighted by Crippen LogP contribution is 2.39. The van der Waals surface area contributed by atoms with Crippen LogP contribution >= 0.6 is 11.3 Å². The first-order chi connectivity index (χ1) is 8.88. The van der Waals surface area contributed by atoms with E-state index in [9.17, 15) is 0 Å². The number of benzene rings is 1. The monoisotopic (exact) mass is 260 g/mol. The number of nitrogens with zero attached hydrogens (tertiary/aromatic N) is 1. The van der Waals surface area contributed by atoms with Crippen LogP contribution in [0.1, 0.15) is 27.8 Å². The second kappa shape index (κ2) is 5.08. The third-order valence-electron chi connectivity index (χ3n) is 3.18. The number of rotatable bonds is 3. The lowest BCUT2D eigenvalue weighted by molar-refractivity contribution is 0.277. The van der Waals surface area contributed by atoms with Gasteiger partial charge in [-0.15, -0.1) is 11.3 Å². The van der Waals surface area contributed by atoms with E-state index >= 15 is 0 Å². The Morgan fingerprint density at radius 3 is 3.22 bits per heavy atom. The van der Waals surface area contributed by atoms with E-state index in [2.05, 4.69) is 22.4 Å². The molecular weight excluding hydrogens is 244 g/mol. The smallest absolute Gasteiger partial charge is 0.123 e. The first kappa shape index (κ1) is 11.7. The summed E-state index contributed by atoms with van der Waals surface area (Å²) in [5.41, 5.74) is 1.27. The molecule has 1 aliphatic heterocycles. The van der Waals surface area contributed by atoms with Crippen LogP contribution in [0.15, 0.2) is 30.5 Å². The lowest BCUT2D eigenvalue weighted by Gasteiger charge is -2.24. The van der Waals surface area contributed by atoms with Gasteiger partial charge in [0.05, 0.1) is 6.61 Å². The van der Waals surface area contributed by atoms with E-state index in [1.54, 1.807) is 11.3 Å². The first-order valence-electron chi connectivity index (χ1n) is 6.19. The van der Waals surface area contributed by atoms with Crippen LogP contribution in [0.4, 0.5) is 0 Å². The topological polar surface area (TPSA) is 34.2 Å². The molecule has 3 rings (SSSR count). The number of thiazole rings is 1. The summed E-state index contributed by atoms with van der Waals surface area (Å²) < 4.78 is 5.69. The summed E-state index contributed by atoms with van der Waals surface area (Å²) in [4.78, 5) is 5.87. The maximum absolute atomic E-state index is 5.69. The van der Waals surface area contributed by atoms with Gasteiger partial charge in [-0.1, -0.05) is 18.2 Å². The molecule has 0 radical (unpaired) electrons. The van der Waals surface area contributed by atoms with E-state index in [-0.39, 0.29) is 0 Å². The molecule has 0 saturated carbocycles. The van der Waals surface area contributed by atoms with Crippen LogP contribution in [0.5, 0.6) is 5.75 Å². The van der Waals surface area contributed by atoms with Crippen molar-refractivity contribution >= 4 is 11.3 Å². The zero-order chi connectivity index (χ0) is 12.4. The van der Waals surface area contributed by atoms with Crippen molar-refractivity contribution in [2.45, 2.75) is 18.9 Å². The van der Waals surface area contributed by atoms with E-state index in [1.165, 1.54) is 15.4 Å². The molecule has 0 bridgehead atoms. The van der Waals surface area contributed by atoms with Crippen molar-refractivity contribution in [3.63, 3.8) is 0 Å². The SMILES string of the molecule is CNCc1cnc(C2CCOc3ccccc32)s1. The van der Waals surface area contributed by atoms with Crippen molar-refractivity contribution in [2.24, 2.45) is 0 Å². The van der Waals surface area contributed by atoms with Crippen LogP contribution in [0.2, 0.25) is 0 Å². The van der Waals surface area contributed by atoms with Crippen molar-refractivity contribution in [1.29, 1.82) is 0 Å².